The number of nitrogens with zero attached hydrogens (tertiary/aromatic N) is 1. The average molecular weight is 404 g/mol. The molecule has 0 unspecified atom stereocenters. The Morgan fingerprint density at radius 2 is 1.85 bits per heavy atom. The van der Waals surface area contributed by atoms with Crippen molar-refractivity contribution in [1.82, 2.24) is 4.90 Å². The van der Waals surface area contributed by atoms with Gasteiger partial charge in [-0.1, -0.05) is 29.8 Å². The number of hydrogen-bond acceptors (Lipinski definition) is 5. The SMILES string of the molecule is CCOc1ccc(/C=C2\SC(=O)N(Cc3ccc(Cl)cc3)C2=O)cc1OC. The minimum atomic E-state index is -0.312. The van der Waals surface area contributed by atoms with Crippen LogP contribution in [0.3, 0.4) is 0 Å². The lowest BCUT2D eigenvalue weighted by molar-refractivity contribution is -0.123. The van der Waals surface area contributed by atoms with Crippen molar-refractivity contribution in [3.8, 4) is 11.5 Å². The van der Waals surface area contributed by atoms with Gasteiger partial charge in [0, 0.05) is 5.02 Å². The van der Waals surface area contributed by atoms with Crippen molar-refractivity contribution >= 4 is 40.6 Å². The molecule has 2 aromatic carbocycles. The van der Waals surface area contributed by atoms with Gasteiger partial charge >= 0.3 is 0 Å². The highest BCUT2D eigenvalue weighted by atomic mass is 35.5. The summed E-state index contributed by atoms with van der Waals surface area (Å²) in [6.07, 6.45) is 1.69. The van der Waals surface area contributed by atoms with Crippen molar-refractivity contribution in [2.75, 3.05) is 13.7 Å². The van der Waals surface area contributed by atoms with Gasteiger partial charge in [-0.15, -0.1) is 0 Å². The van der Waals surface area contributed by atoms with Gasteiger partial charge in [0.15, 0.2) is 11.5 Å². The highest BCUT2D eigenvalue weighted by Gasteiger charge is 2.35. The minimum absolute atomic E-state index is 0.214. The third kappa shape index (κ3) is 4.46. The minimum Gasteiger partial charge on any atom is -0.493 e. The maximum absolute atomic E-state index is 12.6. The highest BCUT2D eigenvalue weighted by Crippen LogP contribution is 2.35. The van der Waals surface area contributed by atoms with E-state index in [1.165, 1.54) is 4.90 Å². The third-order valence-corrected chi connectivity index (χ3v) is 5.07. The first-order chi connectivity index (χ1) is 13.0. The van der Waals surface area contributed by atoms with Crippen molar-refractivity contribution in [3.05, 3.63) is 63.5 Å². The van der Waals surface area contributed by atoms with Gasteiger partial charge in [-0.2, -0.15) is 0 Å². The molecular weight excluding hydrogens is 386 g/mol. The molecule has 1 aliphatic rings. The number of methoxy groups -OCH3 is 1. The van der Waals surface area contributed by atoms with Gasteiger partial charge < -0.3 is 9.47 Å². The smallest absolute Gasteiger partial charge is 0.293 e. The summed E-state index contributed by atoms with van der Waals surface area (Å²) in [5.74, 6) is 0.895. The summed E-state index contributed by atoms with van der Waals surface area (Å²) in [5, 5.41) is 0.316. The van der Waals surface area contributed by atoms with Crippen LogP contribution in [0.1, 0.15) is 18.1 Å². The van der Waals surface area contributed by atoms with Gasteiger partial charge in [-0.25, -0.2) is 0 Å². The first-order valence-electron chi connectivity index (χ1n) is 8.32. The Morgan fingerprint density at radius 1 is 1.11 bits per heavy atom. The number of amides is 2. The zero-order valence-corrected chi connectivity index (χ0v) is 16.5. The second kappa shape index (κ2) is 8.50. The Labute approximate surface area is 166 Å². The van der Waals surface area contributed by atoms with Crippen molar-refractivity contribution in [2.24, 2.45) is 0 Å². The molecule has 3 rings (SSSR count). The fraction of sp³-hybridized carbons (Fsp3) is 0.200. The largest absolute Gasteiger partial charge is 0.493 e. The fourth-order valence-corrected chi connectivity index (χ4v) is 3.57. The number of halogens is 1. The predicted molar refractivity (Wildman–Crippen MR) is 107 cm³/mol. The van der Waals surface area contributed by atoms with E-state index >= 15 is 0 Å². The molecule has 2 amide bonds. The molecule has 0 radical (unpaired) electrons. The first kappa shape index (κ1) is 19.3. The van der Waals surface area contributed by atoms with Crippen LogP contribution in [-0.2, 0) is 11.3 Å². The Balaban J connectivity index is 1.80. The Bertz CT molecular complexity index is 895. The second-order valence-electron chi connectivity index (χ2n) is 5.74. The van der Waals surface area contributed by atoms with E-state index in [4.69, 9.17) is 21.1 Å². The summed E-state index contributed by atoms with van der Waals surface area (Å²) in [7, 11) is 1.56. The van der Waals surface area contributed by atoms with Gasteiger partial charge in [0.25, 0.3) is 11.1 Å². The molecule has 1 fully saturated rings. The lowest BCUT2D eigenvalue weighted by Gasteiger charge is -2.12. The van der Waals surface area contributed by atoms with Crippen LogP contribution in [0.2, 0.25) is 5.02 Å². The summed E-state index contributed by atoms with van der Waals surface area (Å²) in [6.45, 7) is 2.63. The summed E-state index contributed by atoms with van der Waals surface area (Å²) in [5.41, 5.74) is 1.60. The lowest BCUT2D eigenvalue weighted by Crippen LogP contribution is -2.27. The Kier molecular flexibility index (Phi) is 6.08. The highest BCUT2D eigenvalue weighted by molar-refractivity contribution is 8.18. The van der Waals surface area contributed by atoms with Crippen LogP contribution in [-0.4, -0.2) is 29.8 Å². The third-order valence-electron chi connectivity index (χ3n) is 3.91. The van der Waals surface area contributed by atoms with Gasteiger partial charge in [0.2, 0.25) is 0 Å². The molecule has 0 aromatic heterocycles. The zero-order chi connectivity index (χ0) is 19.4. The second-order valence-corrected chi connectivity index (χ2v) is 7.17. The van der Waals surface area contributed by atoms with Gasteiger partial charge in [-0.05, 0) is 60.2 Å². The topological polar surface area (TPSA) is 55.8 Å². The van der Waals surface area contributed by atoms with Crippen molar-refractivity contribution in [3.63, 3.8) is 0 Å². The van der Waals surface area contributed by atoms with E-state index in [0.717, 1.165) is 22.9 Å². The van der Waals surface area contributed by atoms with Crippen LogP contribution in [0.25, 0.3) is 6.08 Å². The number of thioether (sulfide) groups is 1. The maximum atomic E-state index is 12.6. The molecule has 2 aromatic rings. The number of carbonyl (C=O) groups is 2. The Morgan fingerprint density at radius 3 is 2.52 bits per heavy atom. The number of imide groups is 1. The molecule has 5 nitrogen and oxygen atoms in total. The number of ether oxygens (including phenoxy) is 2. The summed E-state index contributed by atoms with van der Waals surface area (Å²) >= 11 is 6.80. The molecule has 27 heavy (non-hydrogen) atoms. The predicted octanol–water partition coefficient (Wildman–Crippen LogP) is 4.98. The molecule has 0 N–H and O–H groups in total. The molecule has 0 aliphatic carbocycles. The molecular formula is C20H18ClNO4S. The van der Waals surface area contributed by atoms with Crippen molar-refractivity contribution in [2.45, 2.75) is 13.5 Å². The standard InChI is InChI=1S/C20H18ClNO4S/c1-3-26-16-9-6-14(10-17(16)25-2)11-18-19(23)22(20(24)27-18)12-13-4-7-15(21)8-5-13/h4-11H,3,12H2,1-2H3/b18-11-. The van der Waals surface area contributed by atoms with Gasteiger partial charge in [0.1, 0.15) is 0 Å². The van der Waals surface area contributed by atoms with E-state index in [0.29, 0.717) is 28.0 Å². The monoisotopic (exact) mass is 403 g/mol. The van der Waals surface area contributed by atoms with Gasteiger partial charge in [-0.3, -0.25) is 14.5 Å². The van der Waals surface area contributed by atoms with Crippen LogP contribution < -0.4 is 9.47 Å². The fourth-order valence-electron chi connectivity index (χ4n) is 2.61. The molecule has 0 atom stereocenters. The molecule has 0 spiro atoms. The van der Waals surface area contributed by atoms with E-state index in [1.807, 2.05) is 13.0 Å². The summed E-state index contributed by atoms with van der Waals surface area (Å²) in [6, 6.07) is 12.4. The first-order valence-corrected chi connectivity index (χ1v) is 9.52. The number of hydrogen-bond donors (Lipinski definition) is 0. The Hall–Kier alpha value is -2.44. The van der Waals surface area contributed by atoms with Crippen LogP contribution in [0.4, 0.5) is 4.79 Å². The van der Waals surface area contributed by atoms with E-state index in [9.17, 15) is 9.59 Å². The molecule has 140 valence electrons. The van der Waals surface area contributed by atoms with E-state index in [2.05, 4.69) is 0 Å². The van der Waals surface area contributed by atoms with E-state index < -0.39 is 0 Å². The molecule has 7 heteroatoms. The zero-order valence-electron chi connectivity index (χ0n) is 14.9. The van der Waals surface area contributed by atoms with Crippen LogP contribution in [0.5, 0.6) is 11.5 Å². The van der Waals surface area contributed by atoms with Crippen LogP contribution in [0.15, 0.2) is 47.4 Å². The molecule has 0 saturated carbocycles. The van der Waals surface area contributed by atoms with E-state index in [-0.39, 0.29) is 17.7 Å². The number of carbonyl (C=O) groups excluding carboxylic acids is 2. The average Bonchev–Trinajstić information content (AvgIpc) is 2.92. The van der Waals surface area contributed by atoms with Crippen LogP contribution >= 0.6 is 23.4 Å². The molecule has 0 bridgehead atoms. The van der Waals surface area contributed by atoms with E-state index in [1.54, 1.807) is 49.6 Å². The van der Waals surface area contributed by atoms with Gasteiger partial charge in [0.05, 0.1) is 25.2 Å². The van der Waals surface area contributed by atoms with Crippen LogP contribution in [0, 0.1) is 0 Å². The molecule has 1 saturated heterocycles. The summed E-state index contributed by atoms with van der Waals surface area (Å²) < 4.78 is 10.8. The maximum Gasteiger partial charge on any atom is 0.293 e. The molecule has 1 heterocycles. The lowest BCUT2D eigenvalue weighted by atomic mass is 10.1. The summed E-state index contributed by atoms with van der Waals surface area (Å²) in [4.78, 5) is 26.5. The quantitative estimate of drug-likeness (QED) is 0.636. The van der Waals surface area contributed by atoms with Crippen molar-refractivity contribution < 1.29 is 19.1 Å². The van der Waals surface area contributed by atoms with Crippen molar-refractivity contribution in [1.29, 1.82) is 0 Å². The normalized spacial score (nSPS) is 15.5. The molecule has 1 aliphatic heterocycles. The number of benzene rings is 2. The number of rotatable bonds is 6.